The Hall–Kier alpha value is -2.57. The number of rotatable bonds is 4. The van der Waals surface area contributed by atoms with E-state index in [9.17, 15) is 14.7 Å². The molecule has 0 bridgehead atoms. The van der Waals surface area contributed by atoms with E-state index in [1.165, 1.54) is 6.07 Å². The molecule has 0 aromatic heterocycles. The Bertz CT molecular complexity index is 803. The monoisotopic (exact) mass is 360 g/mol. The number of morpholine rings is 1. The molecule has 2 aromatic rings. The van der Waals surface area contributed by atoms with E-state index in [2.05, 4.69) is 5.32 Å². The van der Waals surface area contributed by atoms with Gasteiger partial charge in [0.25, 0.3) is 5.91 Å². The summed E-state index contributed by atoms with van der Waals surface area (Å²) in [5.74, 6) is -1.39. The largest absolute Gasteiger partial charge is 0.478 e. The van der Waals surface area contributed by atoms with E-state index in [1.54, 1.807) is 36.4 Å². The fraction of sp³-hybridized carbons (Fsp3) is 0.222. The first-order valence-electron chi connectivity index (χ1n) is 7.81. The molecule has 0 spiro atoms. The predicted molar refractivity (Wildman–Crippen MR) is 95.8 cm³/mol. The van der Waals surface area contributed by atoms with Crippen molar-refractivity contribution in [3.05, 3.63) is 58.6 Å². The lowest BCUT2D eigenvalue weighted by atomic mass is 10.1. The lowest BCUT2D eigenvalue weighted by molar-refractivity contribution is 0.0696. The summed E-state index contributed by atoms with van der Waals surface area (Å²) < 4.78 is 5.30. The molecule has 1 saturated heterocycles. The third kappa shape index (κ3) is 4.10. The number of aromatic carboxylic acids is 1. The van der Waals surface area contributed by atoms with Crippen molar-refractivity contribution in [1.29, 1.82) is 0 Å². The number of hydrogen-bond acceptors (Lipinski definition) is 4. The van der Waals surface area contributed by atoms with Gasteiger partial charge in [-0.25, -0.2) is 4.79 Å². The average Bonchev–Trinajstić information content (AvgIpc) is 2.62. The van der Waals surface area contributed by atoms with Crippen LogP contribution >= 0.6 is 11.6 Å². The highest BCUT2D eigenvalue weighted by molar-refractivity contribution is 6.31. The van der Waals surface area contributed by atoms with Gasteiger partial charge in [0.2, 0.25) is 0 Å². The third-order valence-electron chi connectivity index (χ3n) is 3.92. The van der Waals surface area contributed by atoms with Crippen molar-refractivity contribution in [2.45, 2.75) is 0 Å². The zero-order valence-electron chi connectivity index (χ0n) is 13.4. The number of halogens is 1. The summed E-state index contributed by atoms with van der Waals surface area (Å²) >= 11 is 5.89. The van der Waals surface area contributed by atoms with Crippen molar-refractivity contribution in [3.63, 3.8) is 0 Å². The Morgan fingerprint density at radius 3 is 2.56 bits per heavy atom. The lowest BCUT2D eigenvalue weighted by Gasteiger charge is -2.30. The first-order chi connectivity index (χ1) is 12.0. The molecule has 1 fully saturated rings. The van der Waals surface area contributed by atoms with Crippen molar-refractivity contribution in [1.82, 2.24) is 0 Å². The zero-order valence-corrected chi connectivity index (χ0v) is 14.1. The number of hydrogen-bond donors (Lipinski definition) is 2. The molecule has 1 heterocycles. The summed E-state index contributed by atoms with van der Waals surface area (Å²) in [6.45, 7) is 2.39. The van der Waals surface area contributed by atoms with Crippen LogP contribution in [0.4, 0.5) is 11.4 Å². The molecule has 1 amide bonds. The van der Waals surface area contributed by atoms with Crippen LogP contribution in [-0.4, -0.2) is 43.3 Å². The Kier molecular flexibility index (Phi) is 5.21. The highest BCUT2D eigenvalue weighted by Gasteiger charge is 2.19. The standard InChI is InChI=1S/C18H17ClN2O4/c19-13-3-1-2-12(10-13)17(22)20-14-4-5-16(15(11-14)18(23)24)21-6-8-25-9-7-21/h1-5,10-11H,6-9H2,(H,20,22)(H,23,24). The molecule has 0 aliphatic carbocycles. The van der Waals surface area contributed by atoms with Crippen molar-refractivity contribution >= 4 is 34.9 Å². The minimum atomic E-state index is -1.04. The Labute approximate surface area is 150 Å². The van der Waals surface area contributed by atoms with E-state index < -0.39 is 5.97 Å². The van der Waals surface area contributed by atoms with Gasteiger partial charge in [-0.3, -0.25) is 4.79 Å². The minimum absolute atomic E-state index is 0.144. The highest BCUT2D eigenvalue weighted by atomic mass is 35.5. The van der Waals surface area contributed by atoms with Crippen LogP contribution in [0.3, 0.4) is 0 Å². The van der Waals surface area contributed by atoms with Crippen molar-refractivity contribution in [3.8, 4) is 0 Å². The number of anilines is 2. The number of amides is 1. The van der Waals surface area contributed by atoms with Crippen molar-refractivity contribution in [2.24, 2.45) is 0 Å². The summed E-state index contributed by atoms with van der Waals surface area (Å²) in [6.07, 6.45) is 0. The summed E-state index contributed by atoms with van der Waals surface area (Å²) in [5, 5.41) is 12.7. The van der Waals surface area contributed by atoms with E-state index in [4.69, 9.17) is 16.3 Å². The van der Waals surface area contributed by atoms with Crippen LogP contribution in [0, 0.1) is 0 Å². The fourth-order valence-electron chi connectivity index (χ4n) is 2.70. The molecular weight excluding hydrogens is 344 g/mol. The Balaban J connectivity index is 1.84. The molecule has 25 heavy (non-hydrogen) atoms. The number of carbonyl (C=O) groups is 2. The predicted octanol–water partition coefficient (Wildman–Crippen LogP) is 3.13. The van der Waals surface area contributed by atoms with Crippen molar-refractivity contribution < 1.29 is 19.4 Å². The number of nitrogens with one attached hydrogen (secondary N) is 1. The molecule has 130 valence electrons. The van der Waals surface area contributed by atoms with Crippen LogP contribution < -0.4 is 10.2 Å². The van der Waals surface area contributed by atoms with Gasteiger partial charge in [0.1, 0.15) is 0 Å². The summed E-state index contributed by atoms with van der Waals surface area (Å²) in [4.78, 5) is 25.9. The molecule has 2 N–H and O–H groups in total. The summed E-state index contributed by atoms with van der Waals surface area (Å²) in [5.41, 5.74) is 1.59. The lowest BCUT2D eigenvalue weighted by Crippen LogP contribution is -2.37. The van der Waals surface area contributed by atoms with E-state index in [-0.39, 0.29) is 11.5 Å². The fourth-order valence-corrected chi connectivity index (χ4v) is 2.89. The topological polar surface area (TPSA) is 78.9 Å². The number of carboxylic acids is 1. The zero-order chi connectivity index (χ0) is 17.8. The molecule has 1 aliphatic heterocycles. The van der Waals surface area contributed by atoms with E-state index in [1.807, 2.05) is 4.90 Å². The minimum Gasteiger partial charge on any atom is -0.478 e. The maximum absolute atomic E-state index is 12.3. The van der Waals surface area contributed by atoms with Crippen molar-refractivity contribution in [2.75, 3.05) is 36.5 Å². The molecule has 2 aromatic carbocycles. The maximum Gasteiger partial charge on any atom is 0.337 e. The van der Waals surface area contributed by atoms with E-state index in [0.717, 1.165) is 0 Å². The normalized spacial score (nSPS) is 14.2. The van der Waals surface area contributed by atoms with Gasteiger partial charge in [-0.1, -0.05) is 17.7 Å². The van der Waals surface area contributed by atoms with Gasteiger partial charge in [-0.05, 0) is 36.4 Å². The Morgan fingerprint density at radius 1 is 1.12 bits per heavy atom. The number of carbonyl (C=O) groups excluding carboxylic acids is 1. The van der Waals surface area contributed by atoms with Gasteiger partial charge in [-0.15, -0.1) is 0 Å². The van der Waals surface area contributed by atoms with Crippen LogP contribution in [0.25, 0.3) is 0 Å². The Morgan fingerprint density at radius 2 is 1.88 bits per heavy atom. The molecule has 1 aliphatic rings. The first-order valence-corrected chi connectivity index (χ1v) is 8.19. The molecule has 6 nitrogen and oxygen atoms in total. The highest BCUT2D eigenvalue weighted by Crippen LogP contribution is 2.26. The second kappa shape index (κ2) is 7.55. The summed E-state index contributed by atoms with van der Waals surface area (Å²) in [6, 6.07) is 11.4. The molecule has 0 unspecified atom stereocenters. The molecular formula is C18H17ClN2O4. The van der Waals surface area contributed by atoms with Gasteiger partial charge >= 0.3 is 5.97 Å². The van der Waals surface area contributed by atoms with Gasteiger partial charge < -0.3 is 20.1 Å². The van der Waals surface area contributed by atoms with E-state index >= 15 is 0 Å². The van der Waals surface area contributed by atoms with Crippen LogP contribution in [0.5, 0.6) is 0 Å². The second-order valence-electron chi connectivity index (χ2n) is 5.60. The van der Waals surface area contributed by atoms with Gasteiger partial charge in [-0.2, -0.15) is 0 Å². The quantitative estimate of drug-likeness (QED) is 0.875. The smallest absolute Gasteiger partial charge is 0.337 e. The van der Waals surface area contributed by atoms with Crippen LogP contribution in [-0.2, 0) is 4.74 Å². The summed E-state index contributed by atoms with van der Waals surface area (Å²) in [7, 11) is 0. The third-order valence-corrected chi connectivity index (χ3v) is 4.16. The SMILES string of the molecule is O=C(Nc1ccc(N2CCOCC2)c(C(=O)O)c1)c1cccc(Cl)c1. The van der Waals surface area contributed by atoms with Crippen LogP contribution in [0.15, 0.2) is 42.5 Å². The first kappa shape index (κ1) is 17.3. The molecule has 0 saturated carbocycles. The molecule has 7 heteroatoms. The number of carboxylic acid groups (broad SMARTS) is 1. The molecule has 0 radical (unpaired) electrons. The molecule has 0 atom stereocenters. The van der Waals surface area contributed by atoms with E-state index in [0.29, 0.717) is 48.3 Å². The van der Waals surface area contributed by atoms with Crippen LogP contribution in [0.2, 0.25) is 5.02 Å². The van der Waals surface area contributed by atoms with Gasteiger partial charge in [0.05, 0.1) is 24.5 Å². The average molecular weight is 361 g/mol. The second-order valence-corrected chi connectivity index (χ2v) is 6.04. The van der Waals surface area contributed by atoms with Gasteiger partial charge in [0.15, 0.2) is 0 Å². The number of benzene rings is 2. The molecule has 3 rings (SSSR count). The van der Waals surface area contributed by atoms with Crippen LogP contribution in [0.1, 0.15) is 20.7 Å². The number of ether oxygens (including phenoxy) is 1. The van der Waals surface area contributed by atoms with Gasteiger partial charge in [0, 0.05) is 29.4 Å². The number of nitrogens with zero attached hydrogens (tertiary/aromatic N) is 1. The maximum atomic E-state index is 12.3.